The van der Waals surface area contributed by atoms with Crippen molar-refractivity contribution in [3.8, 4) is 6.07 Å². The van der Waals surface area contributed by atoms with E-state index in [1.165, 1.54) is 21.7 Å². The molecule has 3 aromatic heterocycles. The highest BCUT2D eigenvalue weighted by atomic mass is 32.1. The molecule has 0 spiro atoms. The minimum Gasteiger partial charge on any atom is -0.356 e. The van der Waals surface area contributed by atoms with Crippen LogP contribution in [-0.4, -0.2) is 29.0 Å². The van der Waals surface area contributed by atoms with Gasteiger partial charge in [-0.25, -0.2) is 9.97 Å². The van der Waals surface area contributed by atoms with Crippen molar-refractivity contribution in [2.24, 2.45) is 5.92 Å². The fourth-order valence-electron chi connectivity index (χ4n) is 4.74. The molecule has 4 heterocycles. The Morgan fingerprint density at radius 2 is 1.97 bits per heavy atom. The highest BCUT2D eigenvalue weighted by Gasteiger charge is 2.29. The average Bonchev–Trinajstić information content (AvgIpc) is 3.29. The molecular formula is C23H25N5OS2. The van der Waals surface area contributed by atoms with Gasteiger partial charge in [0.2, 0.25) is 5.91 Å². The number of hydrogen-bond donors (Lipinski definition) is 1. The van der Waals surface area contributed by atoms with Crippen molar-refractivity contribution in [2.75, 3.05) is 23.3 Å². The summed E-state index contributed by atoms with van der Waals surface area (Å²) in [5, 5.41) is 14.6. The van der Waals surface area contributed by atoms with E-state index in [0.717, 1.165) is 71.8 Å². The van der Waals surface area contributed by atoms with E-state index in [2.05, 4.69) is 40.1 Å². The van der Waals surface area contributed by atoms with Crippen molar-refractivity contribution in [1.29, 1.82) is 5.26 Å². The highest BCUT2D eigenvalue weighted by Crippen LogP contribution is 2.39. The van der Waals surface area contributed by atoms with Crippen LogP contribution >= 0.6 is 22.7 Å². The van der Waals surface area contributed by atoms with E-state index in [0.29, 0.717) is 5.56 Å². The summed E-state index contributed by atoms with van der Waals surface area (Å²) in [4.78, 5) is 27.9. The minimum atomic E-state index is -0.0374. The molecule has 3 aromatic rings. The quantitative estimate of drug-likeness (QED) is 0.608. The molecule has 8 heteroatoms. The van der Waals surface area contributed by atoms with Crippen LogP contribution in [0.5, 0.6) is 0 Å². The van der Waals surface area contributed by atoms with Gasteiger partial charge in [0.05, 0.1) is 10.9 Å². The van der Waals surface area contributed by atoms with E-state index in [4.69, 9.17) is 0 Å². The van der Waals surface area contributed by atoms with E-state index < -0.39 is 0 Å². The van der Waals surface area contributed by atoms with Crippen molar-refractivity contribution in [1.82, 2.24) is 9.97 Å². The summed E-state index contributed by atoms with van der Waals surface area (Å²) in [6, 6.07) is 2.34. The standard InChI is InChI=1S/C23H25N5OS2/c1-13-14(2)30-23-19(13)20(25-12-26-23)28-9-7-15(8-10-28)21(29)27-22-17(11-24)16-5-3-4-6-18(16)31-22/h12,15H,3-10H2,1-2H3,(H,27,29). The van der Waals surface area contributed by atoms with Crippen LogP contribution in [0.1, 0.15) is 52.1 Å². The summed E-state index contributed by atoms with van der Waals surface area (Å²) in [5.41, 5.74) is 3.11. The van der Waals surface area contributed by atoms with Crippen molar-refractivity contribution in [2.45, 2.75) is 52.4 Å². The molecular weight excluding hydrogens is 426 g/mol. The van der Waals surface area contributed by atoms with Gasteiger partial charge >= 0.3 is 0 Å². The predicted octanol–water partition coefficient (Wildman–Crippen LogP) is 4.98. The van der Waals surface area contributed by atoms with E-state index in [1.807, 2.05) is 0 Å². The zero-order chi connectivity index (χ0) is 21.5. The van der Waals surface area contributed by atoms with Gasteiger partial charge in [0, 0.05) is 28.8 Å². The van der Waals surface area contributed by atoms with Gasteiger partial charge in [-0.2, -0.15) is 5.26 Å². The van der Waals surface area contributed by atoms with Gasteiger partial charge in [0.25, 0.3) is 0 Å². The summed E-state index contributed by atoms with van der Waals surface area (Å²) in [5.74, 6) is 0.998. The van der Waals surface area contributed by atoms with Gasteiger partial charge in [-0.3, -0.25) is 4.79 Å². The number of thiophene rings is 2. The maximum atomic E-state index is 13.0. The monoisotopic (exact) mass is 451 g/mol. The number of rotatable bonds is 3. The van der Waals surface area contributed by atoms with E-state index >= 15 is 0 Å². The fourth-order valence-corrected chi connectivity index (χ4v) is 6.98. The van der Waals surface area contributed by atoms with Crippen LogP contribution in [0.15, 0.2) is 6.33 Å². The Bertz CT molecular complexity index is 1200. The number of amides is 1. The molecule has 1 amide bonds. The Morgan fingerprint density at radius 1 is 1.19 bits per heavy atom. The van der Waals surface area contributed by atoms with Gasteiger partial charge in [0.1, 0.15) is 28.0 Å². The maximum Gasteiger partial charge on any atom is 0.228 e. The molecule has 5 rings (SSSR count). The lowest BCUT2D eigenvalue weighted by molar-refractivity contribution is -0.120. The van der Waals surface area contributed by atoms with E-state index in [1.54, 1.807) is 29.0 Å². The van der Waals surface area contributed by atoms with Crippen LogP contribution in [-0.2, 0) is 17.6 Å². The average molecular weight is 452 g/mol. The number of piperidine rings is 1. The first-order valence-corrected chi connectivity index (χ1v) is 12.5. The molecule has 6 nitrogen and oxygen atoms in total. The number of nitrogens with one attached hydrogen (secondary N) is 1. The van der Waals surface area contributed by atoms with Gasteiger partial charge < -0.3 is 10.2 Å². The molecule has 0 bridgehead atoms. The number of anilines is 2. The molecule has 160 valence electrons. The third-order valence-electron chi connectivity index (χ3n) is 6.63. The topological polar surface area (TPSA) is 81.9 Å². The van der Waals surface area contributed by atoms with Crippen LogP contribution < -0.4 is 10.2 Å². The molecule has 0 aromatic carbocycles. The first-order chi connectivity index (χ1) is 15.1. The molecule has 0 saturated carbocycles. The SMILES string of the molecule is Cc1sc2ncnc(N3CCC(C(=O)Nc4sc5c(c4C#N)CCCC5)CC3)c2c1C. The lowest BCUT2D eigenvalue weighted by atomic mass is 9.95. The van der Waals surface area contributed by atoms with E-state index in [9.17, 15) is 10.1 Å². The number of hydrogen-bond acceptors (Lipinski definition) is 7. The van der Waals surface area contributed by atoms with Crippen LogP contribution in [0, 0.1) is 31.1 Å². The van der Waals surface area contributed by atoms with Crippen LogP contribution in [0.4, 0.5) is 10.8 Å². The van der Waals surface area contributed by atoms with E-state index in [-0.39, 0.29) is 11.8 Å². The Labute approximate surface area is 189 Å². The van der Waals surface area contributed by atoms with Crippen LogP contribution in [0.25, 0.3) is 10.2 Å². The molecule has 0 atom stereocenters. The molecule has 31 heavy (non-hydrogen) atoms. The number of fused-ring (bicyclic) bond motifs is 2. The van der Waals surface area contributed by atoms with Crippen molar-refractivity contribution >= 4 is 49.6 Å². The Kier molecular flexibility index (Phi) is 5.40. The summed E-state index contributed by atoms with van der Waals surface area (Å²) >= 11 is 3.31. The third kappa shape index (κ3) is 3.60. The number of nitriles is 1. The summed E-state index contributed by atoms with van der Waals surface area (Å²) < 4.78 is 0. The number of carbonyl (C=O) groups is 1. The lowest BCUT2D eigenvalue weighted by Crippen LogP contribution is -2.38. The molecule has 1 aliphatic heterocycles. The second kappa shape index (κ2) is 8.21. The summed E-state index contributed by atoms with van der Waals surface area (Å²) in [7, 11) is 0. The first-order valence-electron chi connectivity index (χ1n) is 10.9. The van der Waals surface area contributed by atoms with Crippen LogP contribution in [0.3, 0.4) is 0 Å². The van der Waals surface area contributed by atoms with Gasteiger partial charge in [0.15, 0.2) is 0 Å². The lowest BCUT2D eigenvalue weighted by Gasteiger charge is -2.32. The zero-order valence-corrected chi connectivity index (χ0v) is 19.5. The number of aromatic nitrogens is 2. The summed E-state index contributed by atoms with van der Waals surface area (Å²) in [6.07, 6.45) is 7.50. The molecule has 0 radical (unpaired) electrons. The molecule has 1 N–H and O–H groups in total. The highest BCUT2D eigenvalue weighted by molar-refractivity contribution is 7.18. The van der Waals surface area contributed by atoms with Gasteiger partial charge in [-0.05, 0) is 63.5 Å². The number of nitrogens with zero attached hydrogens (tertiary/aromatic N) is 4. The van der Waals surface area contributed by atoms with Crippen molar-refractivity contribution < 1.29 is 4.79 Å². The number of carbonyl (C=O) groups excluding carboxylic acids is 1. The van der Waals surface area contributed by atoms with Crippen molar-refractivity contribution in [3.05, 3.63) is 32.8 Å². The fraction of sp³-hybridized carbons (Fsp3) is 0.478. The Hall–Kier alpha value is -2.50. The second-order valence-corrected chi connectivity index (χ2v) is 10.7. The van der Waals surface area contributed by atoms with Crippen molar-refractivity contribution in [3.63, 3.8) is 0 Å². The third-order valence-corrected chi connectivity index (χ3v) is 8.95. The molecule has 1 aliphatic carbocycles. The molecule has 1 fully saturated rings. The second-order valence-electron chi connectivity index (χ2n) is 8.44. The Morgan fingerprint density at radius 3 is 2.74 bits per heavy atom. The normalized spacial score (nSPS) is 16.9. The predicted molar refractivity (Wildman–Crippen MR) is 126 cm³/mol. The molecule has 2 aliphatic rings. The number of aryl methyl sites for hydroxylation is 3. The maximum absolute atomic E-state index is 13.0. The summed E-state index contributed by atoms with van der Waals surface area (Å²) in [6.45, 7) is 5.85. The first kappa shape index (κ1) is 20.4. The van der Waals surface area contributed by atoms with Gasteiger partial charge in [-0.15, -0.1) is 22.7 Å². The van der Waals surface area contributed by atoms with Gasteiger partial charge in [-0.1, -0.05) is 0 Å². The Balaban J connectivity index is 1.29. The van der Waals surface area contributed by atoms with Crippen LogP contribution in [0.2, 0.25) is 0 Å². The minimum absolute atomic E-state index is 0.0374. The smallest absolute Gasteiger partial charge is 0.228 e. The zero-order valence-electron chi connectivity index (χ0n) is 17.8. The molecule has 0 unspecified atom stereocenters. The molecule has 1 saturated heterocycles. The largest absolute Gasteiger partial charge is 0.356 e.